The molecule has 6 heteroatoms. The maximum absolute atomic E-state index is 12.3. The van der Waals surface area contributed by atoms with Crippen LogP contribution in [0.5, 0.6) is 0 Å². The molecule has 1 fully saturated rings. The van der Waals surface area contributed by atoms with Gasteiger partial charge in [-0.25, -0.2) is 0 Å². The fourth-order valence-corrected chi connectivity index (χ4v) is 1.24. The third kappa shape index (κ3) is 1.51. The molecule has 0 saturated heterocycles. The van der Waals surface area contributed by atoms with Gasteiger partial charge < -0.3 is 0 Å². The van der Waals surface area contributed by atoms with Crippen LogP contribution < -0.4 is 0 Å². The van der Waals surface area contributed by atoms with E-state index >= 15 is 0 Å². The first-order valence-corrected chi connectivity index (χ1v) is 4.14. The monoisotopic (exact) mass is 204 g/mol. The van der Waals surface area contributed by atoms with Gasteiger partial charge in [0.05, 0.1) is 11.6 Å². The summed E-state index contributed by atoms with van der Waals surface area (Å²) in [6.07, 6.45) is -1.53. The largest absolute Gasteiger partial charge is 0.435 e. The number of alkyl halides is 3. The molecule has 0 aromatic carbocycles. The SMILES string of the molecule is O=Cc1cn(C2CC2)nc1C(F)(F)F. The van der Waals surface area contributed by atoms with Gasteiger partial charge in [-0.15, -0.1) is 0 Å². The molecule has 0 spiro atoms. The Balaban J connectivity index is 2.41. The molecule has 0 aliphatic heterocycles. The molecule has 0 unspecified atom stereocenters. The van der Waals surface area contributed by atoms with E-state index in [9.17, 15) is 18.0 Å². The van der Waals surface area contributed by atoms with Gasteiger partial charge in [-0.05, 0) is 12.8 Å². The van der Waals surface area contributed by atoms with Crippen molar-refractivity contribution in [2.45, 2.75) is 25.1 Å². The second kappa shape index (κ2) is 2.83. The number of aldehydes is 1. The first kappa shape index (κ1) is 9.23. The molecular weight excluding hydrogens is 197 g/mol. The second-order valence-electron chi connectivity index (χ2n) is 3.26. The molecule has 1 saturated carbocycles. The zero-order valence-electron chi connectivity index (χ0n) is 7.08. The van der Waals surface area contributed by atoms with Gasteiger partial charge in [-0.1, -0.05) is 0 Å². The van der Waals surface area contributed by atoms with Crippen LogP contribution in [0.25, 0.3) is 0 Å². The first-order chi connectivity index (χ1) is 6.52. The molecule has 0 amide bonds. The Labute approximate surface area is 77.5 Å². The van der Waals surface area contributed by atoms with Crippen molar-refractivity contribution in [3.05, 3.63) is 17.5 Å². The lowest BCUT2D eigenvalue weighted by atomic mass is 10.3. The van der Waals surface area contributed by atoms with Crippen molar-refractivity contribution in [1.29, 1.82) is 0 Å². The predicted molar refractivity (Wildman–Crippen MR) is 40.9 cm³/mol. The van der Waals surface area contributed by atoms with Crippen LogP contribution in [-0.2, 0) is 6.18 Å². The minimum Gasteiger partial charge on any atom is -0.298 e. The average Bonchev–Trinajstić information content (AvgIpc) is 2.83. The molecule has 1 heterocycles. The Morgan fingerprint density at radius 2 is 2.14 bits per heavy atom. The van der Waals surface area contributed by atoms with E-state index in [0.717, 1.165) is 19.0 Å². The zero-order valence-corrected chi connectivity index (χ0v) is 7.08. The Morgan fingerprint density at radius 1 is 1.50 bits per heavy atom. The highest BCUT2D eigenvalue weighted by Crippen LogP contribution is 2.37. The summed E-state index contributed by atoms with van der Waals surface area (Å²) in [5.41, 5.74) is -1.47. The van der Waals surface area contributed by atoms with E-state index in [-0.39, 0.29) is 17.9 Å². The van der Waals surface area contributed by atoms with E-state index in [1.807, 2.05) is 0 Å². The van der Waals surface area contributed by atoms with Crippen LogP contribution >= 0.6 is 0 Å². The number of carbonyl (C=O) groups is 1. The van der Waals surface area contributed by atoms with Crippen molar-refractivity contribution in [3.8, 4) is 0 Å². The number of aromatic nitrogens is 2. The highest BCUT2D eigenvalue weighted by molar-refractivity contribution is 5.76. The molecular formula is C8H7F3N2O. The summed E-state index contributed by atoms with van der Waals surface area (Å²) in [6, 6.07) is 0.0461. The van der Waals surface area contributed by atoms with Gasteiger partial charge >= 0.3 is 6.18 Å². The lowest BCUT2D eigenvalue weighted by molar-refractivity contribution is -0.141. The van der Waals surface area contributed by atoms with Crippen LogP contribution in [0.3, 0.4) is 0 Å². The lowest BCUT2D eigenvalue weighted by Gasteiger charge is -2.01. The van der Waals surface area contributed by atoms with Crippen LogP contribution in [0.15, 0.2) is 6.20 Å². The molecule has 1 aromatic heterocycles. The van der Waals surface area contributed by atoms with Gasteiger partial charge in [0.1, 0.15) is 0 Å². The fraction of sp³-hybridized carbons (Fsp3) is 0.500. The molecule has 1 aliphatic carbocycles. The van der Waals surface area contributed by atoms with Crippen molar-refractivity contribution >= 4 is 6.29 Å². The summed E-state index contributed by atoms with van der Waals surface area (Å²) in [6.45, 7) is 0. The fourth-order valence-electron chi connectivity index (χ4n) is 1.24. The molecule has 1 aromatic rings. The molecule has 76 valence electrons. The summed E-state index contributed by atoms with van der Waals surface area (Å²) in [7, 11) is 0. The van der Waals surface area contributed by atoms with Crippen molar-refractivity contribution in [2.24, 2.45) is 0 Å². The maximum atomic E-state index is 12.3. The molecule has 0 bridgehead atoms. The topological polar surface area (TPSA) is 34.9 Å². The molecule has 0 radical (unpaired) electrons. The summed E-state index contributed by atoms with van der Waals surface area (Å²) in [5, 5.41) is 3.37. The van der Waals surface area contributed by atoms with Gasteiger partial charge in [0.2, 0.25) is 0 Å². The third-order valence-electron chi connectivity index (χ3n) is 2.08. The smallest absolute Gasteiger partial charge is 0.298 e. The Bertz CT molecular complexity index is 365. The normalized spacial score (nSPS) is 17.1. The van der Waals surface area contributed by atoms with Crippen molar-refractivity contribution in [2.75, 3.05) is 0 Å². The van der Waals surface area contributed by atoms with Crippen LogP contribution in [0.2, 0.25) is 0 Å². The van der Waals surface area contributed by atoms with Crippen molar-refractivity contribution in [3.63, 3.8) is 0 Å². The second-order valence-corrected chi connectivity index (χ2v) is 3.26. The zero-order chi connectivity index (χ0) is 10.3. The lowest BCUT2D eigenvalue weighted by Crippen LogP contribution is -2.09. The molecule has 3 nitrogen and oxygen atoms in total. The predicted octanol–water partition coefficient (Wildman–Crippen LogP) is 2.05. The average molecular weight is 204 g/mol. The summed E-state index contributed by atoms with van der Waals surface area (Å²) >= 11 is 0. The van der Waals surface area contributed by atoms with Crippen LogP contribution in [0.1, 0.15) is 34.9 Å². The van der Waals surface area contributed by atoms with Gasteiger partial charge in [-0.3, -0.25) is 9.48 Å². The molecule has 14 heavy (non-hydrogen) atoms. The quantitative estimate of drug-likeness (QED) is 0.691. The van der Waals surface area contributed by atoms with E-state index < -0.39 is 11.9 Å². The van der Waals surface area contributed by atoms with E-state index in [2.05, 4.69) is 5.10 Å². The van der Waals surface area contributed by atoms with Gasteiger partial charge in [0, 0.05) is 6.20 Å². The highest BCUT2D eigenvalue weighted by atomic mass is 19.4. The number of hydrogen-bond acceptors (Lipinski definition) is 2. The number of carbonyl (C=O) groups excluding carboxylic acids is 1. The highest BCUT2D eigenvalue weighted by Gasteiger charge is 2.38. The number of hydrogen-bond donors (Lipinski definition) is 0. The van der Waals surface area contributed by atoms with E-state index in [0.29, 0.717) is 0 Å². The van der Waals surface area contributed by atoms with Crippen LogP contribution in [0.4, 0.5) is 13.2 Å². The van der Waals surface area contributed by atoms with E-state index in [1.165, 1.54) is 4.68 Å². The van der Waals surface area contributed by atoms with Crippen LogP contribution in [-0.4, -0.2) is 16.1 Å². The number of rotatable bonds is 2. The minimum atomic E-state index is -4.55. The first-order valence-electron chi connectivity index (χ1n) is 4.14. The maximum Gasteiger partial charge on any atom is 0.435 e. The van der Waals surface area contributed by atoms with Crippen molar-refractivity contribution < 1.29 is 18.0 Å². The van der Waals surface area contributed by atoms with Gasteiger partial charge in [0.25, 0.3) is 0 Å². The Morgan fingerprint density at radius 3 is 2.50 bits per heavy atom. The number of nitrogens with zero attached hydrogens (tertiary/aromatic N) is 2. The minimum absolute atomic E-state index is 0.0461. The Kier molecular flexibility index (Phi) is 1.87. The summed E-state index contributed by atoms with van der Waals surface area (Å²) < 4.78 is 38.1. The number of halogens is 3. The Hall–Kier alpha value is -1.33. The van der Waals surface area contributed by atoms with Crippen LogP contribution in [0, 0.1) is 0 Å². The van der Waals surface area contributed by atoms with Gasteiger partial charge in [0.15, 0.2) is 12.0 Å². The molecule has 0 N–H and O–H groups in total. The van der Waals surface area contributed by atoms with Crippen molar-refractivity contribution in [1.82, 2.24) is 9.78 Å². The molecule has 1 aliphatic rings. The molecule has 0 atom stereocenters. The molecule has 2 rings (SSSR count). The van der Waals surface area contributed by atoms with Gasteiger partial charge in [-0.2, -0.15) is 18.3 Å². The standard InChI is InChI=1S/C8H7F3N2O/c9-8(10,11)7-5(4-14)3-13(12-7)6-1-2-6/h3-4,6H,1-2H2. The van der Waals surface area contributed by atoms with E-state index in [4.69, 9.17) is 0 Å². The summed E-state index contributed by atoms with van der Waals surface area (Å²) in [5.74, 6) is 0. The third-order valence-corrected chi connectivity index (χ3v) is 2.08. The summed E-state index contributed by atoms with van der Waals surface area (Å²) in [4.78, 5) is 10.4. The van der Waals surface area contributed by atoms with E-state index in [1.54, 1.807) is 0 Å².